The summed E-state index contributed by atoms with van der Waals surface area (Å²) in [6, 6.07) is 0. The minimum absolute atomic E-state index is 0.0628. The number of ether oxygens (including phenoxy) is 1. The van der Waals surface area contributed by atoms with Gasteiger partial charge in [-0.1, -0.05) is 0 Å². The summed E-state index contributed by atoms with van der Waals surface area (Å²) in [5.41, 5.74) is 0.139. The van der Waals surface area contributed by atoms with Crippen molar-refractivity contribution in [2.45, 2.75) is 37.4 Å². The van der Waals surface area contributed by atoms with Gasteiger partial charge in [0.05, 0.1) is 11.9 Å². The number of hydrogen-bond donors (Lipinski definition) is 0. The van der Waals surface area contributed by atoms with Crippen LogP contribution >= 0.6 is 0 Å². The van der Waals surface area contributed by atoms with Gasteiger partial charge in [-0.05, 0) is 32.1 Å². The van der Waals surface area contributed by atoms with Gasteiger partial charge in [0, 0.05) is 25.1 Å². The summed E-state index contributed by atoms with van der Waals surface area (Å²) < 4.78 is 31.5. The molecule has 3 fully saturated rings. The highest BCUT2D eigenvalue weighted by Gasteiger charge is 2.48. The average Bonchev–Trinajstić information content (AvgIpc) is 3.05. The molecule has 0 bridgehead atoms. The summed E-state index contributed by atoms with van der Waals surface area (Å²) in [4.78, 5) is 0. The zero-order valence-electron chi connectivity index (χ0n) is 9.52. The molecule has 0 N–H and O–H groups in total. The van der Waals surface area contributed by atoms with Gasteiger partial charge in [-0.2, -0.15) is 0 Å². The van der Waals surface area contributed by atoms with Crippen molar-refractivity contribution >= 4 is 10.0 Å². The molecule has 2 saturated heterocycles. The molecule has 0 aromatic heterocycles. The maximum Gasteiger partial charge on any atom is 0.217 e. The Morgan fingerprint density at radius 1 is 1.25 bits per heavy atom. The lowest BCUT2D eigenvalue weighted by atomic mass is 9.82. The standard InChI is InChI=1S/C11H19NO3S/c13-16(14,10-2-3-10)12-6-5-11(8-12)4-1-7-15-9-11/h10H,1-9H2. The lowest BCUT2D eigenvalue weighted by Gasteiger charge is -2.32. The van der Waals surface area contributed by atoms with Crippen LogP contribution in [0.25, 0.3) is 0 Å². The zero-order valence-corrected chi connectivity index (χ0v) is 10.3. The van der Waals surface area contributed by atoms with Crippen molar-refractivity contribution in [1.82, 2.24) is 4.31 Å². The van der Waals surface area contributed by atoms with Gasteiger partial charge >= 0.3 is 0 Å². The van der Waals surface area contributed by atoms with Crippen LogP contribution in [0.2, 0.25) is 0 Å². The van der Waals surface area contributed by atoms with E-state index in [1.165, 1.54) is 0 Å². The molecule has 1 atom stereocenters. The molecule has 3 rings (SSSR count). The van der Waals surface area contributed by atoms with E-state index in [1.807, 2.05) is 0 Å². The van der Waals surface area contributed by atoms with Crippen molar-refractivity contribution in [3.63, 3.8) is 0 Å². The molecule has 16 heavy (non-hydrogen) atoms. The fourth-order valence-corrected chi connectivity index (χ4v) is 4.87. The lowest BCUT2D eigenvalue weighted by Crippen LogP contribution is -2.38. The summed E-state index contributed by atoms with van der Waals surface area (Å²) >= 11 is 0. The van der Waals surface area contributed by atoms with Gasteiger partial charge in [0.25, 0.3) is 0 Å². The van der Waals surface area contributed by atoms with Crippen molar-refractivity contribution in [2.75, 3.05) is 26.3 Å². The van der Waals surface area contributed by atoms with Crippen molar-refractivity contribution in [3.05, 3.63) is 0 Å². The van der Waals surface area contributed by atoms with Crippen molar-refractivity contribution in [1.29, 1.82) is 0 Å². The van der Waals surface area contributed by atoms with Gasteiger partial charge in [-0.15, -0.1) is 0 Å². The number of hydrogen-bond acceptors (Lipinski definition) is 3. The first kappa shape index (κ1) is 11.0. The van der Waals surface area contributed by atoms with Crippen LogP contribution in [0, 0.1) is 5.41 Å². The highest BCUT2D eigenvalue weighted by molar-refractivity contribution is 7.90. The van der Waals surface area contributed by atoms with E-state index in [2.05, 4.69) is 0 Å². The van der Waals surface area contributed by atoms with E-state index in [1.54, 1.807) is 4.31 Å². The van der Waals surface area contributed by atoms with E-state index in [-0.39, 0.29) is 10.7 Å². The molecule has 0 amide bonds. The fraction of sp³-hybridized carbons (Fsp3) is 1.00. The van der Waals surface area contributed by atoms with Gasteiger partial charge in [-0.3, -0.25) is 0 Å². The molecule has 1 aliphatic carbocycles. The quantitative estimate of drug-likeness (QED) is 0.728. The predicted octanol–water partition coefficient (Wildman–Crippen LogP) is 0.981. The zero-order chi connectivity index (χ0) is 11.2. The summed E-state index contributed by atoms with van der Waals surface area (Å²) in [5.74, 6) is 0. The molecule has 1 spiro atoms. The Balaban J connectivity index is 1.72. The predicted molar refractivity (Wildman–Crippen MR) is 60.6 cm³/mol. The van der Waals surface area contributed by atoms with Crippen LogP contribution < -0.4 is 0 Å². The molecule has 5 heteroatoms. The van der Waals surface area contributed by atoms with E-state index in [0.717, 1.165) is 45.3 Å². The Morgan fingerprint density at radius 2 is 2.06 bits per heavy atom. The number of nitrogens with zero attached hydrogens (tertiary/aromatic N) is 1. The first-order chi connectivity index (χ1) is 7.62. The number of sulfonamides is 1. The van der Waals surface area contributed by atoms with Crippen LogP contribution in [0.1, 0.15) is 32.1 Å². The molecule has 1 saturated carbocycles. The summed E-state index contributed by atoms with van der Waals surface area (Å²) in [5, 5.41) is -0.0628. The van der Waals surface area contributed by atoms with Crippen LogP contribution in [0.4, 0.5) is 0 Å². The fourth-order valence-electron chi connectivity index (χ4n) is 2.92. The highest BCUT2D eigenvalue weighted by Crippen LogP contribution is 2.41. The van der Waals surface area contributed by atoms with E-state index in [9.17, 15) is 8.42 Å². The molecule has 4 nitrogen and oxygen atoms in total. The van der Waals surface area contributed by atoms with Crippen LogP contribution in [0.15, 0.2) is 0 Å². The van der Waals surface area contributed by atoms with Gasteiger partial charge in [0.2, 0.25) is 10.0 Å². The largest absolute Gasteiger partial charge is 0.381 e. The van der Waals surface area contributed by atoms with Gasteiger partial charge in [-0.25, -0.2) is 12.7 Å². The third kappa shape index (κ3) is 1.79. The van der Waals surface area contributed by atoms with Crippen molar-refractivity contribution in [2.24, 2.45) is 5.41 Å². The molecular formula is C11H19NO3S. The first-order valence-corrected chi connectivity index (χ1v) is 7.70. The SMILES string of the molecule is O=S(=O)(C1CC1)N1CCC2(CCCOC2)C1. The van der Waals surface area contributed by atoms with Gasteiger partial charge in [0.15, 0.2) is 0 Å². The second-order valence-electron chi connectivity index (χ2n) is 5.48. The molecule has 0 aromatic carbocycles. The van der Waals surface area contributed by atoms with E-state index in [4.69, 9.17) is 4.74 Å². The van der Waals surface area contributed by atoms with Gasteiger partial charge in [0.1, 0.15) is 0 Å². The summed E-state index contributed by atoms with van der Waals surface area (Å²) in [6.45, 7) is 3.01. The first-order valence-electron chi connectivity index (χ1n) is 6.19. The third-order valence-electron chi connectivity index (χ3n) is 4.11. The van der Waals surface area contributed by atoms with Crippen LogP contribution in [0.3, 0.4) is 0 Å². The van der Waals surface area contributed by atoms with E-state index < -0.39 is 10.0 Å². The second kappa shape index (κ2) is 3.68. The molecule has 2 aliphatic heterocycles. The minimum Gasteiger partial charge on any atom is -0.381 e. The molecule has 2 heterocycles. The monoisotopic (exact) mass is 245 g/mol. The van der Waals surface area contributed by atoms with E-state index >= 15 is 0 Å². The molecular weight excluding hydrogens is 226 g/mol. The van der Waals surface area contributed by atoms with Crippen LogP contribution in [-0.2, 0) is 14.8 Å². The molecule has 1 unspecified atom stereocenters. The Morgan fingerprint density at radius 3 is 2.69 bits per heavy atom. The Bertz CT molecular complexity index is 369. The van der Waals surface area contributed by atoms with Gasteiger partial charge < -0.3 is 4.74 Å². The van der Waals surface area contributed by atoms with Crippen molar-refractivity contribution < 1.29 is 13.2 Å². The van der Waals surface area contributed by atoms with Crippen LogP contribution in [0.5, 0.6) is 0 Å². The molecule has 0 aromatic rings. The third-order valence-corrected chi connectivity index (χ3v) is 6.46. The second-order valence-corrected chi connectivity index (χ2v) is 7.70. The minimum atomic E-state index is -2.96. The highest BCUT2D eigenvalue weighted by atomic mass is 32.2. The molecule has 3 aliphatic rings. The lowest BCUT2D eigenvalue weighted by molar-refractivity contribution is 0.000894. The Kier molecular flexibility index (Phi) is 2.53. The van der Waals surface area contributed by atoms with Crippen LogP contribution in [-0.4, -0.2) is 44.3 Å². The topological polar surface area (TPSA) is 46.6 Å². The number of rotatable bonds is 2. The summed E-state index contributed by atoms with van der Waals surface area (Å²) in [6.07, 6.45) is 4.92. The Hall–Kier alpha value is -0.130. The average molecular weight is 245 g/mol. The smallest absolute Gasteiger partial charge is 0.217 e. The maximum atomic E-state index is 12.1. The van der Waals surface area contributed by atoms with E-state index in [0.29, 0.717) is 13.1 Å². The van der Waals surface area contributed by atoms with Crippen molar-refractivity contribution in [3.8, 4) is 0 Å². The molecule has 92 valence electrons. The summed E-state index contributed by atoms with van der Waals surface area (Å²) in [7, 11) is -2.96. The maximum absolute atomic E-state index is 12.1. The Labute approximate surface area is 97.0 Å². The molecule has 0 radical (unpaired) electrons. The normalized spacial score (nSPS) is 37.0.